The smallest absolute Gasteiger partial charge is 0.0713 e. The Kier molecular flexibility index (Phi) is 7.10. The first-order chi connectivity index (χ1) is 22.5. The molecule has 0 saturated carbocycles. The molecule has 0 saturated heterocycles. The summed E-state index contributed by atoms with van der Waals surface area (Å²) in [6, 6.07) is 48.6. The molecule has 0 nitrogen and oxygen atoms in total. The van der Waals surface area contributed by atoms with Gasteiger partial charge in [-0.15, -0.1) is 0 Å². The summed E-state index contributed by atoms with van der Waals surface area (Å²) in [7, 11) is 0. The fraction of sp³-hybridized carbons (Fsp3) is 0.174. The third kappa shape index (κ3) is 4.85. The first kappa shape index (κ1) is 28.5. The van der Waals surface area contributed by atoms with Gasteiger partial charge in [-0.2, -0.15) is 0 Å². The monoisotopic (exact) mass is 592 g/mol. The largest absolute Gasteiger partial charge is 0.0837 e. The highest BCUT2D eigenvalue weighted by atomic mass is 14.5. The van der Waals surface area contributed by atoms with Crippen LogP contribution in [0.2, 0.25) is 0 Å². The molecule has 0 spiro atoms. The molecule has 0 radical (unpaired) electrons. The number of hydrogen-bond donors (Lipinski definition) is 0. The molecule has 0 aromatic heterocycles. The second kappa shape index (κ2) is 11.5. The number of aryl methyl sites for hydroxylation is 3. The van der Waals surface area contributed by atoms with Gasteiger partial charge < -0.3 is 0 Å². The number of allylic oxidation sites excluding steroid dienone is 4. The molecule has 0 fully saturated rings. The van der Waals surface area contributed by atoms with Gasteiger partial charge in [-0.05, 0) is 112 Å². The summed E-state index contributed by atoms with van der Waals surface area (Å²) in [4.78, 5) is 0. The van der Waals surface area contributed by atoms with Crippen molar-refractivity contribution in [3.63, 3.8) is 0 Å². The number of hydrogen-bond acceptors (Lipinski definition) is 0. The van der Waals surface area contributed by atoms with E-state index in [1.807, 2.05) is 0 Å². The fourth-order valence-corrected chi connectivity index (χ4v) is 7.90. The van der Waals surface area contributed by atoms with E-state index < -0.39 is 5.41 Å². The molecule has 0 heterocycles. The fourth-order valence-electron chi connectivity index (χ4n) is 7.90. The van der Waals surface area contributed by atoms with Gasteiger partial charge in [0.25, 0.3) is 0 Å². The van der Waals surface area contributed by atoms with E-state index in [-0.39, 0.29) is 0 Å². The Bertz CT molecular complexity index is 2140. The molecule has 6 aromatic rings. The zero-order valence-electron chi connectivity index (χ0n) is 27.1. The Balaban J connectivity index is 1.28. The van der Waals surface area contributed by atoms with Crippen LogP contribution in [0.15, 0.2) is 151 Å². The SMILES string of the molecule is Cc1ccc(C2(c3ccc(CCC4=CC(C)CC=C4)cc3)c3ccccc3-c3ccc(-c4ccc5cc(C)ccc5c4)cc32)cc1. The topological polar surface area (TPSA) is 0 Å². The van der Waals surface area contributed by atoms with Crippen molar-refractivity contribution < 1.29 is 0 Å². The minimum Gasteiger partial charge on any atom is -0.0837 e. The maximum absolute atomic E-state index is 2.47. The quantitative estimate of drug-likeness (QED) is 0.180. The number of rotatable bonds is 6. The maximum Gasteiger partial charge on any atom is 0.0713 e. The first-order valence-electron chi connectivity index (χ1n) is 16.8. The molecule has 46 heavy (non-hydrogen) atoms. The molecule has 0 heteroatoms. The molecule has 2 unspecified atom stereocenters. The highest BCUT2D eigenvalue weighted by Crippen LogP contribution is 2.56. The second-order valence-corrected chi connectivity index (χ2v) is 13.5. The molecule has 224 valence electrons. The van der Waals surface area contributed by atoms with Crippen LogP contribution >= 0.6 is 0 Å². The van der Waals surface area contributed by atoms with E-state index in [1.165, 1.54) is 77.5 Å². The van der Waals surface area contributed by atoms with Crippen LogP contribution in [-0.2, 0) is 11.8 Å². The molecule has 2 aliphatic carbocycles. The second-order valence-electron chi connectivity index (χ2n) is 13.5. The summed E-state index contributed by atoms with van der Waals surface area (Å²) in [5, 5.41) is 2.57. The Hall–Kier alpha value is -4.94. The Morgan fingerprint density at radius 1 is 0.587 bits per heavy atom. The van der Waals surface area contributed by atoms with Crippen LogP contribution in [-0.4, -0.2) is 0 Å². The lowest BCUT2D eigenvalue weighted by Gasteiger charge is -2.34. The Morgan fingerprint density at radius 2 is 1.24 bits per heavy atom. The van der Waals surface area contributed by atoms with E-state index in [1.54, 1.807) is 0 Å². The van der Waals surface area contributed by atoms with Crippen molar-refractivity contribution in [1.82, 2.24) is 0 Å². The van der Waals surface area contributed by atoms with Gasteiger partial charge in [0.15, 0.2) is 0 Å². The summed E-state index contributed by atoms with van der Waals surface area (Å²) in [6.45, 7) is 6.65. The average molecular weight is 593 g/mol. The van der Waals surface area contributed by atoms with Crippen LogP contribution in [0, 0.1) is 19.8 Å². The first-order valence-corrected chi connectivity index (χ1v) is 16.8. The number of fused-ring (bicyclic) bond motifs is 4. The summed E-state index contributed by atoms with van der Waals surface area (Å²) < 4.78 is 0. The minimum atomic E-state index is -0.411. The van der Waals surface area contributed by atoms with Crippen LogP contribution in [0.5, 0.6) is 0 Å². The lowest BCUT2D eigenvalue weighted by molar-refractivity contribution is 0.719. The van der Waals surface area contributed by atoms with Gasteiger partial charge >= 0.3 is 0 Å². The molecule has 0 N–H and O–H groups in total. The molecule has 0 amide bonds. The predicted octanol–water partition coefficient (Wildman–Crippen LogP) is 11.9. The van der Waals surface area contributed by atoms with E-state index in [4.69, 9.17) is 0 Å². The predicted molar refractivity (Wildman–Crippen MR) is 195 cm³/mol. The minimum absolute atomic E-state index is 0.411. The van der Waals surface area contributed by atoms with Crippen molar-refractivity contribution in [3.05, 3.63) is 190 Å². The molecule has 8 rings (SSSR count). The summed E-state index contributed by atoms with van der Waals surface area (Å²) in [6.07, 6.45) is 10.4. The van der Waals surface area contributed by atoms with Crippen LogP contribution in [0.4, 0.5) is 0 Å². The third-order valence-corrected chi connectivity index (χ3v) is 10.3. The zero-order chi connectivity index (χ0) is 31.3. The summed E-state index contributed by atoms with van der Waals surface area (Å²) in [5.74, 6) is 0.642. The van der Waals surface area contributed by atoms with Gasteiger partial charge in [0, 0.05) is 0 Å². The molecule has 0 bridgehead atoms. The Morgan fingerprint density at radius 3 is 2.04 bits per heavy atom. The van der Waals surface area contributed by atoms with Crippen LogP contribution in [0.3, 0.4) is 0 Å². The number of benzene rings is 6. The van der Waals surface area contributed by atoms with Crippen molar-refractivity contribution in [1.29, 1.82) is 0 Å². The molecule has 2 aliphatic rings. The van der Waals surface area contributed by atoms with E-state index in [0.29, 0.717) is 5.92 Å². The molecule has 6 aromatic carbocycles. The van der Waals surface area contributed by atoms with Crippen LogP contribution in [0.25, 0.3) is 33.0 Å². The molecule has 0 aliphatic heterocycles. The van der Waals surface area contributed by atoms with Gasteiger partial charge in [-0.3, -0.25) is 0 Å². The lowest BCUT2D eigenvalue weighted by Crippen LogP contribution is -2.28. The summed E-state index contributed by atoms with van der Waals surface area (Å²) in [5.41, 5.74) is 15.5. The van der Waals surface area contributed by atoms with Gasteiger partial charge in [0.1, 0.15) is 0 Å². The van der Waals surface area contributed by atoms with E-state index in [2.05, 4.69) is 166 Å². The average Bonchev–Trinajstić information content (AvgIpc) is 3.38. The van der Waals surface area contributed by atoms with E-state index in [0.717, 1.165) is 19.3 Å². The van der Waals surface area contributed by atoms with Gasteiger partial charge in [-0.1, -0.05) is 157 Å². The van der Waals surface area contributed by atoms with Gasteiger partial charge in [-0.25, -0.2) is 0 Å². The van der Waals surface area contributed by atoms with E-state index in [9.17, 15) is 0 Å². The normalized spacial score (nSPS) is 18.3. The van der Waals surface area contributed by atoms with Crippen molar-refractivity contribution in [2.24, 2.45) is 5.92 Å². The van der Waals surface area contributed by atoms with Crippen molar-refractivity contribution in [2.45, 2.75) is 45.4 Å². The van der Waals surface area contributed by atoms with Gasteiger partial charge in [0.05, 0.1) is 5.41 Å². The van der Waals surface area contributed by atoms with Crippen LogP contribution in [0.1, 0.15) is 58.7 Å². The Labute approximate surface area is 273 Å². The maximum atomic E-state index is 2.47. The highest BCUT2D eigenvalue weighted by molar-refractivity contribution is 5.91. The zero-order valence-corrected chi connectivity index (χ0v) is 27.1. The standard InChI is InChI=1S/C46H40/c1-31-12-22-40(23-13-31)46(41-24-16-34(17-25-41)14-15-35-8-6-7-32(2)27-35)44-10-5-4-9-42(44)43-26-21-39(30-45(43)46)38-20-19-36-28-33(3)11-18-37(36)29-38/h4-6,8-13,16-30,32H,7,14-15H2,1-3H3. The molecular weight excluding hydrogens is 553 g/mol. The van der Waals surface area contributed by atoms with E-state index >= 15 is 0 Å². The molecular formula is C46H40. The van der Waals surface area contributed by atoms with Gasteiger partial charge in [0.2, 0.25) is 0 Å². The van der Waals surface area contributed by atoms with Crippen molar-refractivity contribution >= 4 is 10.8 Å². The van der Waals surface area contributed by atoms with Crippen molar-refractivity contribution in [2.75, 3.05) is 0 Å². The lowest BCUT2D eigenvalue weighted by atomic mass is 9.67. The summed E-state index contributed by atoms with van der Waals surface area (Å²) >= 11 is 0. The highest BCUT2D eigenvalue weighted by Gasteiger charge is 2.46. The molecule has 2 atom stereocenters. The van der Waals surface area contributed by atoms with Crippen molar-refractivity contribution in [3.8, 4) is 22.3 Å². The third-order valence-electron chi connectivity index (χ3n) is 10.3. The van der Waals surface area contributed by atoms with Crippen LogP contribution < -0.4 is 0 Å².